The van der Waals surface area contributed by atoms with Crippen LogP contribution in [0.25, 0.3) is 0 Å². The minimum Gasteiger partial charge on any atom is -0.459 e. The lowest BCUT2D eigenvalue weighted by molar-refractivity contribution is -0.123. The Morgan fingerprint density at radius 1 is 0.967 bits per heavy atom. The standard InChI is InChI=1S/C23H22N2O5/c1-14-6-11-19(15(2)13-14)25-21(26)16(3)30-23(28)17-7-9-18(10-8-17)24-22(27)20-5-4-12-29-20/h4-13,16H,1-3H3,(H,24,27)(H,25,26). The molecule has 0 aliphatic rings. The molecule has 2 amide bonds. The van der Waals surface area contributed by atoms with Gasteiger partial charge < -0.3 is 19.8 Å². The highest BCUT2D eigenvalue weighted by Gasteiger charge is 2.20. The van der Waals surface area contributed by atoms with Crippen molar-refractivity contribution in [2.24, 2.45) is 0 Å². The van der Waals surface area contributed by atoms with E-state index in [0.29, 0.717) is 11.4 Å². The third-order valence-corrected chi connectivity index (χ3v) is 4.42. The first-order chi connectivity index (χ1) is 14.3. The quantitative estimate of drug-likeness (QED) is 0.594. The molecule has 2 N–H and O–H groups in total. The zero-order valence-electron chi connectivity index (χ0n) is 16.9. The molecular formula is C23H22N2O5. The molecule has 0 fully saturated rings. The van der Waals surface area contributed by atoms with Gasteiger partial charge >= 0.3 is 5.97 Å². The first-order valence-electron chi connectivity index (χ1n) is 9.37. The van der Waals surface area contributed by atoms with Crippen LogP contribution in [-0.2, 0) is 9.53 Å². The van der Waals surface area contributed by atoms with Gasteiger partial charge in [0.1, 0.15) is 0 Å². The Labute approximate surface area is 174 Å². The van der Waals surface area contributed by atoms with Gasteiger partial charge in [-0.25, -0.2) is 4.79 Å². The van der Waals surface area contributed by atoms with E-state index >= 15 is 0 Å². The molecule has 0 spiro atoms. The maximum Gasteiger partial charge on any atom is 0.338 e. The highest BCUT2D eigenvalue weighted by molar-refractivity contribution is 6.02. The third-order valence-electron chi connectivity index (χ3n) is 4.42. The molecule has 7 nitrogen and oxygen atoms in total. The molecule has 2 aromatic carbocycles. The number of carbonyl (C=O) groups is 3. The Kier molecular flexibility index (Phi) is 6.32. The van der Waals surface area contributed by atoms with Crippen molar-refractivity contribution in [2.45, 2.75) is 26.9 Å². The number of benzene rings is 2. The molecule has 3 rings (SSSR count). The summed E-state index contributed by atoms with van der Waals surface area (Å²) in [5.41, 5.74) is 3.44. The number of furan rings is 1. The van der Waals surface area contributed by atoms with Gasteiger partial charge in [0.15, 0.2) is 11.9 Å². The van der Waals surface area contributed by atoms with E-state index in [-0.39, 0.29) is 11.3 Å². The lowest BCUT2D eigenvalue weighted by atomic mass is 10.1. The molecule has 0 aliphatic carbocycles. The van der Waals surface area contributed by atoms with Gasteiger partial charge in [0.2, 0.25) is 0 Å². The second-order valence-electron chi connectivity index (χ2n) is 6.86. The second kappa shape index (κ2) is 9.09. The molecule has 154 valence electrons. The fourth-order valence-electron chi connectivity index (χ4n) is 2.76. The highest BCUT2D eigenvalue weighted by atomic mass is 16.5. The summed E-state index contributed by atoms with van der Waals surface area (Å²) < 4.78 is 10.3. The average molecular weight is 406 g/mol. The normalized spacial score (nSPS) is 11.4. The van der Waals surface area contributed by atoms with Crippen molar-refractivity contribution < 1.29 is 23.5 Å². The molecular weight excluding hydrogens is 384 g/mol. The Balaban J connectivity index is 1.56. The monoisotopic (exact) mass is 406 g/mol. The summed E-state index contributed by atoms with van der Waals surface area (Å²) >= 11 is 0. The Morgan fingerprint density at radius 3 is 2.33 bits per heavy atom. The predicted octanol–water partition coefficient (Wildman–Crippen LogP) is 4.33. The number of anilines is 2. The largest absolute Gasteiger partial charge is 0.459 e. The van der Waals surface area contributed by atoms with E-state index in [1.165, 1.54) is 25.3 Å². The van der Waals surface area contributed by atoms with E-state index in [0.717, 1.165) is 11.1 Å². The van der Waals surface area contributed by atoms with Crippen molar-refractivity contribution in [3.05, 3.63) is 83.3 Å². The van der Waals surface area contributed by atoms with E-state index in [1.54, 1.807) is 24.3 Å². The smallest absolute Gasteiger partial charge is 0.338 e. The zero-order valence-corrected chi connectivity index (χ0v) is 16.9. The molecule has 0 aliphatic heterocycles. The molecule has 0 radical (unpaired) electrons. The van der Waals surface area contributed by atoms with Crippen LogP contribution in [0.1, 0.15) is 39.0 Å². The second-order valence-corrected chi connectivity index (χ2v) is 6.86. The van der Waals surface area contributed by atoms with E-state index < -0.39 is 23.9 Å². The number of rotatable bonds is 6. The summed E-state index contributed by atoms with van der Waals surface area (Å²) in [6.45, 7) is 5.37. The minimum absolute atomic E-state index is 0.183. The van der Waals surface area contributed by atoms with Crippen molar-refractivity contribution in [2.75, 3.05) is 10.6 Å². The topological polar surface area (TPSA) is 97.6 Å². The molecule has 0 saturated carbocycles. The fourth-order valence-corrected chi connectivity index (χ4v) is 2.76. The molecule has 1 unspecified atom stereocenters. The van der Waals surface area contributed by atoms with Crippen molar-refractivity contribution in [1.29, 1.82) is 0 Å². The SMILES string of the molecule is Cc1ccc(NC(=O)C(C)OC(=O)c2ccc(NC(=O)c3ccco3)cc2)c(C)c1. The molecule has 0 saturated heterocycles. The van der Waals surface area contributed by atoms with Crippen LogP contribution in [0.2, 0.25) is 0 Å². The summed E-state index contributed by atoms with van der Waals surface area (Å²) in [7, 11) is 0. The number of nitrogens with one attached hydrogen (secondary N) is 2. The predicted molar refractivity (Wildman–Crippen MR) is 113 cm³/mol. The van der Waals surface area contributed by atoms with Crippen molar-refractivity contribution >= 4 is 29.2 Å². The highest BCUT2D eigenvalue weighted by Crippen LogP contribution is 2.17. The van der Waals surface area contributed by atoms with Crippen LogP contribution in [0, 0.1) is 13.8 Å². The van der Waals surface area contributed by atoms with Crippen molar-refractivity contribution in [3.63, 3.8) is 0 Å². The van der Waals surface area contributed by atoms with Crippen LogP contribution >= 0.6 is 0 Å². The lowest BCUT2D eigenvalue weighted by Crippen LogP contribution is -2.30. The number of amides is 2. The van der Waals surface area contributed by atoms with Crippen LogP contribution < -0.4 is 10.6 Å². The molecule has 1 heterocycles. The first kappa shape index (κ1) is 20.9. The number of aryl methyl sites for hydroxylation is 2. The maximum absolute atomic E-state index is 12.4. The van der Waals surface area contributed by atoms with Gasteiger partial charge in [-0.15, -0.1) is 0 Å². The number of hydrogen-bond acceptors (Lipinski definition) is 5. The van der Waals surface area contributed by atoms with Gasteiger partial charge in [-0.2, -0.15) is 0 Å². The van der Waals surface area contributed by atoms with Gasteiger partial charge in [0.25, 0.3) is 11.8 Å². The number of carbonyl (C=O) groups excluding carboxylic acids is 3. The van der Waals surface area contributed by atoms with Crippen LogP contribution in [0.15, 0.2) is 65.3 Å². The summed E-state index contributed by atoms with van der Waals surface area (Å²) in [5.74, 6) is -1.27. The van der Waals surface area contributed by atoms with Gasteiger partial charge in [0, 0.05) is 11.4 Å². The van der Waals surface area contributed by atoms with Crippen molar-refractivity contribution in [3.8, 4) is 0 Å². The molecule has 3 aromatic rings. The minimum atomic E-state index is -0.975. The number of hydrogen-bond donors (Lipinski definition) is 2. The Bertz CT molecular complexity index is 1060. The summed E-state index contributed by atoms with van der Waals surface area (Å²) in [6.07, 6.45) is 0.433. The van der Waals surface area contributed by atoms with E-state index in [1.807, 2.05) is 32.0 Å². The average Bonchev–Trinajstić information content (AvgIpc) is 3.25. The first-order valence-corrected chi connectivity index (χ1v) is 9.37. The van der Waals surface area contributed by atoms with Crippen LogP contribution in [0.4, 0.5) is 11.4 Å². The third kappa shape index (κ3) is 5.14. The Hall–Kier alpha value is -3.87. The fraction of sp³-hybridized carbons (Fsp3) is 0.174. The molecule has 1 aromatic heterocycles. The van der Waals surface area contributed by atoms with Gasteiger partial charge in [-0.1, -0.05) is 17.7 Å². The summed E-state index contributed by atoms with van der Waals surface area (Å²) in [6, 6.07) is 15.0. The van der Waals surface area contributed by atoms with Crippen LogP contribution in [0.5, 0.6) is 0 Å². The molecule has 30 heavy (non-hydrogen) atoms. The molecule has 0 bridgehead atoms. The molecule has 1 atom stereocenters. The number of ether oxygens (including phenoxy) is 1. The van der Waals surface area contributed by atoms with Crippen LogP contribution in [0.3, 0.4) is 0 Å². The zero-order chi connectivity index (χ0) is 21.7. The lowest BCUT2D eigenvalue weighted by Gasteiger charge is -2.15. The number of esters is 1. The summed E-state index contributed by atoms with van der Waals surface area (Å²) in [5, 5.41) is 5.42. The van der Waals surface area contributed by atoms with Crippen molar-refractivity contribution in [1.82, 2.24) is 0 Å². The maximum atomic E-state index is 12.4. The Morgan fingerprint density at radius 2 is 1.70 bits per heavy atom. The molecule has 7 heteroatoms. The van der Waals surface area contributed by atoms with Gasteiger partial charge in [0.05, 0.1) is 11.8 Å². The van der Waals surface area contributed by atoms with Gasteiger partial charge in [-0.05, 0) is 68.8 Å². The van der Waals surface area contributed by atoms with Gasteiger partial charge in [-0.3, -0.25) is 9.59 Å². The van der Waals surface area contributed by atoms with E-state index in [2.05, 4.69) is 10.6 Å². The van der Waals surface area contributed by atoms with E-state index in [4.69, 9.17) is 9.15 Å². The van der Waals surface area contributed by atoms with Crippen LogP contribution in [-0.4, -0.2) is 23.9 Å². The summed E-state index contributed by atoms with van der Waals surface area (Å²) in [4.78, 5) is 36.7. The van der Waals surface area contributed by atoms with E-state index in [9.17, 15) is 14.4 Å².